The van der Waals surface area contributed by atoms with Crippen LogP contribution in [0.2, 0.25) is 5.02 Å². The van der Waals surface area contributed by atoms with Gasteiger partial charge < -0.3 is 5.32 Å². The quantitative estimate of drug-likeness (QED) is 0.926. The number of rotatable bonds is 4. The molecule has 3 nitrogen and oxygen atoms in total. The second kappa shape index (κ2) is 6.13. The van der Waals surface area contributed by atoms with Gasteiger partial charge in [-0.2, -0.15) is 0 Å². The molecule has 0 aliphatic rings. The smallest absolute Gasteiger partial charge is 0.159 e. The first-order valence-corrected chi connectivity index (χ1v) is 6.76. The summed E-state index contributed by atoms with van der Waals surface area (Å²) in [5.41, 5.74) is 2.96. The summed E-state index contributed by atoms with van der Waals surface area (Å²) in [6, 6.07) is 10.0. The molecule has 0 radical (unpaired) electrons. The van der Waals surface area contributed by atoms with Gasteiger partial charge in [0.15, 0.2) is 5.82 Å². The van der Waals surface area contributed by atoms with Crippen LogP contribution in [0.5, 0.6) is 0 Å². The first-order valence-electron chi connectivity index (χ1n) is 6.38. The van der Waals surface area contributed by atoms with Crippen LogP contribution < -0.4 is 5.32 Å². The van der Waals surface area contributed by atoms with Crippen molar-refractivity contribution in [3.05, 3.63) is 46.7 Å². The minimum Gasteiger partial charge on any atom is -0.309 e. The van der Waals surface area contributed by atoms with Gasteiger partial charge in [-0.3, -0.25) is 0 Å². The van der Waals surface area contributed by atoms with E-state index in [-0.39, 0.29) is 0 Å². The molecule has 0 unspecified atom stereocenters. The number of nitrogens with one attached hydrogen (secondary N) is 1. The van der Waals surface area contributed by atoms with Gasteiger partial charge in [0.25, 0.3) is 0 Å². The Hall–Kier alpha value is -1.45. The Kier molecular flexibility index (Phi) is 4.51. The van der Waals surface area contributed by atoms with E-state index in [1.54, 1.807) is 0 Å². The molecule has 1 aromatic carbocycles. The van der Waals surface area contributed by atoms with Crippen LogP contribution >= 0.6 is 11.6 Å². The molecule has 0 aliphatic carbocycles. The van der Waals surface area contributed by atoms with Crippen LogP contribution in [0, 0.1) is 6.92 Å². The lowest BCUT2D eigenvalue weighted by molar-refractivity contribution is 0.580. The number of hydrogen-bond donors (Lipinski definition) is 1. The Balaban J connectivity index is 2.28. The molecule has 100 valence electrons. The van der Waals surface area contributed by atoms with E-state index in [9.17, 15) is 0 Å². The van der Waals surface area contributed by atoms with Crippen molar-refractivity contribution < 1.29 is 0 Å². The Bertz CT molecular complexity index is 550. The third-order valence-corrected chi connectivity index (χ3v) is 2.95. The molecule has 1 N–H and O–H groups in total. The summed E-state index contributed by atoms with van der Waals surface area (Å²) < 4.78 is 0. The Morgan fingerprint density at radius 2 is 1.84 bits per heavy atom. The van der Waals surface area contributed by atoms with Crippen molar-refractivity contribution in [1.29, 1.82) is 0 Å². The summed E-state index contributed by atoms with van der Waals surface area (Å²) in [5, 5.41) is 4.09. The zero-order chi connectivity index (χ0) is 13.8. The number of hydrogen-bond acceptors (Lipinski definition) is 3. The summed E-state index contributed by atoms with van der Waals surface area (Å²) in [5.74, 6) is 0.747. The normalized spacial score (nSPS) is 11.0. The monoisotopic (exact) mass is 275 g/mol. The van der Waals surface area contributed by atoms with Gasteiger partial charge in [-0.05, 0) is 37.3 Å². The SMILES string of the molecule is Cc1cc(CNC(C)C)nc(-c2ccc(Cl)cc2)n1. The molecule has 0 fully saturated rings. The van der Waals surface area contributed by atoms with E-state index in [2.05, 4.69) is 29.1 Å². The lowest BCUT2D eigenvalue weighted by Gasteiger charge is -2.09. The highest BCUT2D eigenvalue weighted by atomic mass is 35.5. The molecule has 1 heterocycles. The molecule has 0 saturated carbocycles. The molecule has 4 heteroatoms. The van der Waals surface area contributed by atoms with Gasteiger partial charge >= 0.3 is 0 Å². The lowest BCUT2D eigenvalue weighted by atomic mass is 10.2. The van der Waals surface area contributed by atoms with Crippen LogP contribution in [0.15, 0.2) is 30.3 Å². The Labute approximate surface area is 119 Å². The van der Waals surface area contributed by atoms with Gasteiger partial charge in [0.05, 0.1) is 5.69 Å². The van der Waals surface area contributed by atoms with Gasteiger partial charge in [-0.25, -0.2) is 9.97 Å². The maximum absolute atomic E-state index is 5.90. The molecular weight excluding hydrogens is 258 g/mol. The summed E-state index contributed by atoms with van der Waals surface area (Å²) >= 11 is 5.90. The van der Waals surface area contributed by atoms with Crippen LogP contribution in [0.1, 0.15) is 25.2 Å². The molecule has 0 aliphatic heterocycles. The van der Waals surface area contributed by atoms with E-state index in [1.165, 1.54) is 0 Å². The second-order valence-corrected chi connectivity index (χ2v) is 5.30. The van der Waals surface area contributed by atoms with Gasteiger partial charge in [0.1, 0.15) is 0 Å². The number of benzene rings is 1. The topological polar surface area (TPSA) is 37.8 Å². The third kappa shape index (κ3) is 4.01. The van der Waals surface area contributed by atoms with E-state index in [4.69, 9.17) is 11.6 Å². The highest BCUT2D eigenvalue weighted by Crippen LogP contribution is 2.18. The van der Waals surface area contributed by atoms with Gasteiger partial charge in [0.2, 0.25) is 0 Å². The molecular formula is C15H18ClN3. The molecule has 2 rings (SSSR count). The van der Waals surface area contributed by atoms with Crippen molar-refractivity contribution in [2.75, 3.05) is 0 Å². The first-order chi connectivity index (χ1) is 9.04. The fourth-order valence-corrected chi connectivity index (χ4v) is 1.89. The van der Waals surface area contributed by atoms with Crippen LogP contribution in [-0.2, 0) is 6.54 Å². The van der Waals surface area contributed by atoms with Crippen molar-refractivity contribution in [3.8, 4) is 11.4 Å². The Morgan fingerprint density at radius 3 is 2.47 bits per heavy atom. The highest BCUT2D eigenvalue weighted by Gasteiger charge is 2.05. The van der Waals surface area contributed by atoms with Crippen LogP contribution in [0.3, 0.4) is 0 Å². The minimum absolute atomic E-state index is 0.439. The molecule has 0 saturated heterocycles. The van der Waals surface area contributed by atoms with E-state index >= 15 is 0 Å². The van der Waals surface area contributed by atoms with E-state index in [0.29, 0.717) is 6.04 Å². The fraction of sp³-hybridized carbons (Fsp3) is 0.333. The minimum atomic E-state index is 0.439. The molecule has 0 amide bonds. The van der Waals surface area contributed by atoms with Crippen molar-refractivity contribution in [3.63, 3.8) is 0 Å². The number of aromatic nitrogens is 2. The maximum Gasteiger partial charge on any atom is 0.159 e. The average molecular weight is 276 g/mol. The average Bonchev–Trinajstić information content (AvgIpc) is 2.36. The van der Waals surface area contributed by atoms with E-state index in [0.717, 1.165) is 34.3 Å². The van der Waals surface area contributed by atoms with Crippen molar-refractivity contribution in [1.82, 2.24) is 15.3 Å². The molecule has 2 aromatic rings. The number of aryl methyl sites for hydroxylation is 1. The zero-order valence-electron chi connectivity index (χ0n) is 11.4. The first kappa shape index (κ1) is 14.0. The van der Waals surface area contributed by atoms with Gasteiger partial charge in [-0.1, -0.05) is 25.4 Å². The largest absolute Gasteiger partial charge is 0.309 e. The van der Waals surface area contributed by atoms with Crippen LogP contribution in [0.4, 0.5) is 0 Å². The summed E-state index contributed by atoms with van der Waals surface area (Å²) in [4.78, 5) is 9.07. The van der Waals surface area contributed by atoms with Crippen LogP contribution in [-0.4, -0.2) is 16.0 Å². The predicted octanol–water partition coefficient (Wildman–Crippen LogP) is 3.60. The Morgan fingerprint density at radius 1 is 1.16 bits per heavy atom. The summed E-state index contributed by atoms with van der Waals surface area (Å²) in [6.45, 7) is 6.98. The van der Waals surface area contributed by atoms with Crippen molar-refractivity contribution in [2.24, 2.45) is 0 Å². The zero-order valence-corrected chi connectivity index (χ0v) is 12.2. The maximum atomic E-state index is 5.90. The summed E-state index contributed by atoms with van der Waals surface area (Å²) in [7, 11) is 0. The molecule has 0 atom stereocenters. The predicted molar refractivity (Wildman–Crippen MR) is 79.2 cm³/mol. The van der Waals surface area contributed by atoms with Gasteiger partial charge in [-0.15, -0.1) is 0 Å². The van der Waals surface area contributed by atoms with Gasteiger partial charge in [0, 0.05) is 28.9 Å². The third-order valence-electron chi connectivity index (χ3n) is 2.70. The number of nitrogens with zero attached hydrogens (tertiary/aromatic N) is 2. The summed E-state index contributed by atoms with van der Waals surface area (Å²) in [6.07, 6.45) is 0. The standard InChI is InChI=1S/C15H18ClN3/c1-10(2)17-9-14-8-11(3)18-15(19-14)12-4-6-13(16)7-5-12/h4-8,10,17H,9H2,1-3H3. The lowest BCUT2D eigenvalue weighted by Crippen LogP contribution is -2.22. The fourth-order valence-electron chi connectivity index (χ4n) is 1.76. The molecule has 0 spiro atoms. The molecule has 0 bridgehead atoms. The highest BCUT2D eigenvalue weighted by molar-refractivity contribution is 6.30. The van der Waals surface area contributed by atoms with Crippen LogP contribution in [0.25, 0.3) is 11.4 Å². The molecule has 19 heavy (non-hydrogen) atoms. The number of halogens is 1. The second-order valence-electron chi connectivity index (χ2n) is 4.87. The molecule has 1 aromatic heterocycles. The van der Waals surface area contributed by atoms with E-state index in [1.807, 2.05) is 37.3 Å². The van der Waals surface area contributed by atoms with Crippen molar-refractivity contribution >= 4 is 11.6 Å². The van der Waals surface area contributed by atoms with Crippen molar-refractivity contribution in [2.45, 2.75) is 33.4 Å². The van der Waals surface area contributed by atoms with E-state index < -0.39 is 0 Å².